The van der Waals surface area contributed by atoms with Crippen molar-refractivity contribution in [2.45, 2.75) is 29.7 Å². The zero-order valence-electron chi connectivity index (χ0n) is 20.3. The van der Waals surface area contributed by atoms with Gasteiger partial charge in [0.05, 0.1) is 24.6 Å². The van der Waals surface area contributed by atoms with E-state index in [1.54, 1.807) is 38.5 Å². The van der Waals surface area contributed by atoms with Gasteiger partial charge in [-0.05, 0) is 47.9 Å². The molecule has 1 N–H and O–H groups in total. The van der Waals surface area contributed by atoms with Crippen LogP contribution < -0.4 is 14.8 Å². The van der Waals surface area contributed by atoms with Crippen LogP contribution >= 0.6 is 0 Å². The van der Waals surface area contributed by atoms with Gasteiger partial charge in [0.2, 0.25) is 14.9 Å². The van der Waals surface area contributed by atoms with Crippen molar-refractivity contribution in [1.29, 1.82) is 0 Å². The fourth-order valence-electron chi connectivity index (χ4n) is 4.01. The lowest BCUT2D eigenvalue weighted by Crippen LogP contribution is -2.06. The van der Waals surface area contributed by atoms with E-state index in [0.29, 0.717) is 28.5 Å². The Bertz CT molecular complexity index is 1680. The molecule has 0 fully saturated rings. The molecule has 0 saturated carbocycles. The molecule has 0 saturated heterocycles. The third kappa shape index (κ3) is 3.99. The van der Waals surface area contributed by atoms with Gasteiger partial charge < -0.3 is 14.8 Å². The number of para-hydroxylation sites is 1. The number of nitrogens with zero attached hydrogens (tertiary/aromatic N) is 4. The Morgan fingerprint density at radius 2 is 1.64 bits per heavy atom. The second-order valence-electron chi connectivity index (χ2n) is 8.53. The number of nitrogens with one attached hydrogen (secondary N) is 1. The van der Waals surface area contributed by atoms with Crippen molar-refractivity contribution in [2.24, 2.45) is 0 Å². The number of rotatable bonds is 7. The van der Waals surface area contributed by atoms with E-state index in [0.717, 1.165) is 10.9 Å². The molecule has 0 aliphatic carbocycles. The molecule has 3 aromatic carbocycles. The second kappa shape index (κ2) is 9.12. The number of ether oxygens (including phenoxy) is 2. The Morgan fingerprint density at radius 3 is 2.33 bits per heavy atom. The molecule has 184 valence electrons. The predicted molar refractivity (Wildman–Crippen MR) is 137 cm³/mol. The zero-order chi connectivity index (χ0) is 25.4. The Balaban J connectivity index is 1.66. The molecule has 0 atom stereocenters. The zero-order valence-corrected chi connectivity index (χ0v) is 21.1. The SMILES string of the molecule is COc1ccc(Nc2nc3c(S(=O)(=O)c4ccc(C(C)C)cc4)nnn3c3ccccc23)cc1OC. The molecule has 36 heavy (non-hydrogen) atoms. The summed E-state index contributed by atoms with van der Waals surface area (Å²) >= 11 is 0. The molecule has 0 spiro atoms. The summed E-state index contributed by atoms with van der Waals surface area (Å²) in [5.74, 6) is 1.88. The summed E-state index contributed by atoms with van der Waals surface area (Å²) in [5.41, 5.74) is 2.53. The van der Waals surface area contributed by atoms with Gasteiger partial charge in [-0.3, -0.25) is 0 Å². The largest absolute Gasteiger partial charge is 0.493 e. The van der Waals surface area contributed by atoms with E-state index in [1.165, 1.54) is 4.52 Å². The van der Waals surface area contributed by atoms with E-state index < -0.39 is 9.84 Å². The van der Waals surface area contributed by atoms with Gasteiger partial charge in [0.25, 0.3) is 0 Å². The van der Waals surface area contributed by atoms with Crippen LogP contribution in [-0.2, 0) is 9.84 Å². The van der Waals surface area contributed by atoms with Crippen LogP contribution in [0.1, 0.15) is 25.3 Å². The average Bonchev–Trinajstić information content (AvgIpc) is 3.33. The lowest BCUT2D eigenvalue weighted by atomic mass is 10.0. The maximum Gasteiger partial charge on any atom is 0.229 e. The van der Waals surface area contributed by atoms with Gasteiger partial charge in [-0.2, -0.15) is 4.52 Å². The normalized spacial score (nSPS) is 11.8. The molecule has 2 heterocycles. The lowest BCUT2D eigenvalue weighted by Gasteiger charge is -2.13. The van der Waals surface area contributed by atoms with Gasteiger partial charge >= 0.3 is 0 Å². The van der Waals surface area contributed by atoms with Crippen LogP contribution in [0.2, 0.25) is 0 Å². The minimum Gasteiger partial charge on any atom is -0.493 e. The molecule has 5 aromatic rings. The molecule has 10 heteroatoms. The highest BCUT2D eigenvalue weighted by atomic mass is 32.2. The highest BCUT2D eigenvalue weighted by molar-refractivity contribution is 7.91. The highest BCUT2D eigenvalue weighted by Crippen LogP contribution is 2.33. The topological polar surface area (TPSA) is 108 Å². The Hall–Kier alpha value is -4.18. The number of hydrogen-bond donors (Lipinski definition) is 1. The molecule has 0 aliphatic rings. The van der Waals surface area contributed by atoms with Crippen LogP contribution in [0.5, 0.6) is 11.5 Å². The number of sulfone groups is 1. The monoisotopic (exact) mass is 503 g/mol. The molecule has 0 unspecified atom stereocenters. The molecular formula is C26H25N5O4S. The molecule has 5 rings (SSSR count). The minimum atomic E-state index is -3.96. The maximum atomic E-state index is 13.5. The molecule has 0 amide bonds. The molecule has 9 nitrogen and oxygen atoms in total. The van der Waals surface area contributed by atoms with E-state index in [-0.39, 0.29) is 21.5 Å². The van der Waals surface area contributed by atoms with Crippen molar-refractivity contribution >= 4 is 37.9 Å². The van der Waals surface area contributed by atoms with Gasteiger partial charge in [-0.15, -0.1) is 5.10 Å². The van der Waals surface area contributed by atoms with Crippen LogP contribution in [0.25, 0.3) is 16.6 Å². The van der Waals surface area contributed by atoms with Gasteiger partial charge in [0.15, 0.2) is 17.1 Å². The number of fused-ring (bicyclic) bond motifs is 3. The molecule has 0 aliphatic heterocycles. The third-order valence-corrected chi connectivity index (χ3v) is 7.65. The van der Waals surface area contributed by atoms with Gasteiger partial charge in [0.1, 0.15) is 5.82 Å². The summed E-state index contributed by atoms with van der Waals surface area (Å²) in [6.45, 7) is 4.11. The number of methoxy groups -OCH3 is 2. The average molecular weight is 504 g/mol. The summed E-state index contributed by atoms with van der Waals surface area (Å²) < 4.78 is 39.3. The first-order valence-electron chi connectivity index (χ1n) is 11.3. The van der Waals surface area contributed by atoms with Crippen LogP contribution in [0.15, 0.2) is 76.7 Å². The van der Waals surface area contributed by atoms with Gasteiger partial charge in [-0.1, -0.05) is 43.3 Å². The maximum absolute atomic E-state index is 13.5. The molecule has 2 aromatic heterocycles. The standard InChI is InChI=1S/C26H25N5O4S/c1-16(2)17-9-12-19(13-10-17)36(32,33)26-25-28-24(20-7-5-6-8-21(20)31(25)30-29-26)27-18-11-14-22(34-3)23(15-18)35-4/h5-16H,1-4H3,(H,27,28). The van der Waals surface area contributed by atoms with E-state index in [4.69, 9.17) is 9.47 Å². The second-order valence-corrected chi connectivity index (χ2v) is 10.4. The van der Waals surface area contributed by atoms with Crippen molar-refractivity contribution in [3.05, 3.63) is 72.3 Å². The fourth-order valence-corrected chi connectivity index (χ4v) is 5.24. The number of anilines is 2. The smallest absolute Gasteiger partial charge is 0.229 e. The van der Waals surface area contributed by atoms with E-state index >= 15 is 0 Å². The van der Waals surface area contributed by atoms with Crippen LogP contribution in [0, 0.1) is 0 Å². The van der Waals surface area contributed by atoms with E-state index in [9.17, 15) is 8.42 Å². The van der Waals surface area contributed by atoms with Crippen molar-refractivity contribution in [1.82, 2.24) is 19.8 Å². The van der Waals surface area contributed by atoms with Gasteiger partial charge in [-0.25, -0.2) is 13.4 Å². The van der Waals surface area contributed by atoms with E-state index in [2.05, 4.69) is 34.5 Å². The first-order valence-corrected chi connectivity index (χ1v) is 12.8. The molecule has 0 radical (unpaired) electrons. The lowest BCUT2D eigenvalue weighted by molar-refractivity contribution is 0.355. The van der Waals surface area contributed by atoms with Crippen molar-refractivity contribution in [2.75, 3.05) is 19.5 Å². The number of hydrogen-bond acceptors (Lipinski definition) is 8. The molecule has 0 bridgehead atoms. The van der Waals surface area contributed by atoms with Crippen molar-refractivity contribution < 1.29 is 17.9 Å². The Labute approximate surface area is 208 Å². The number of aromatic nitrogens is 4. The van der Waals surface area contributed by atoms with Crippen LogP contribution in [0.4, 0.5) is 11.5 Å². The third-order valence-electron chi connectivity index (χ3n) is 5.98. The number of benzene rings is 3. The summed E-state index contributed by atoms with van der Waals surface area (Å²) in [6, 6.07) is 19.7. The Morgan fingerprint density at radius 1 is 0.917 bits per heavy atom. The fraction of sp³-hybridized carbons (Fsp3) is 0.192. The van der Waals surface area contributed by atoms with Crippen LogP contribution in [0.3, 0.4) is 0 Å². The summed E-state index contributed by atoms with van der Waals surface area (Å²) in [6.07, 6.45) is 0. The summed E-state index contributed by atoms with van der Waals surface area (Å²) in [5, 5.41) is 12.0. The van der Waals surface area contributed by atoms with Crippen molar-refractivity contribution in [3.8, 4) is 11.5 Å². The van der Waals surface area contributed by atoms with Crippen LogP contribution in [-0.4, -0.2) is 42.4 Å². The predicted octanol–water partition coefficient (Wildman–Crippen LogP) is 4.99. The van der Waals surface area contributed by atoms with Gasteiger partial charge in [0, 0.05) is 17.1 Å². The first-order chi connectivity index (χ1) is 17.3. The molecular weight excluding hydrogens is 478 g/mol. The van der Waals surface area contributed by atoms with E-state index in [1.807, 2.05) is 42.5 Å². The summed E-state index contributed by atoms with van der Waals surface area (Å²) in [4.78, 5) is 4.81. The highest BCUT2D eigenvalue weighted by Gasteiger charge is 2.27. The summed E-state index contributed by atoms with van der Waals surface area (Å²) in [7, 11) is -0.836. The Kier molecular flexibility index (Phi) is 5.97. The van der Waals surface area contributed by atoms with Crippen molar-refractivity contribution in [3.63, 3.8) is 0 Å². The quantitative estimate of drug-likeness (QED) is 0.331. The minimum absolute atomic E-state index is 0.129. The first kappa shape index (κ1) is 23.6.